The Hall–Kier alpha value is -0.870. The summed E-state index contributed by atoms with van der Waals surface area (Å²) in [6, 6.07) is 3.92. The number of nitrogens with zero attached hydrogens (tertiary/aromatic N) is 2. The third kappa shape index (κ3) is 1.79. The van der Waals surface area contributed by atoms with Crippen molar-refractivity contribution in [3.8, 4) is 0 Å². The third-order valence-electron chi connectivity index (χ3n) is 2.40. The summed E-state index contributed by atoms with van der Waals surface area (Å²) in [7, 11) is 0. The Balaban J connectivity index is 2.74. The monoisotopic (exact) mass is 268 g/mol. The zero-order valence-electron chi connectivity index (χ0n) is 8.74. The predicted molar refractivity (Wildman–Crippen MR) is 62.9 cm³/mol. The second-order valence-corrected chi connectivity index (χ2v) is 4.75. The van der Waals surface area contributed by atoms with Gasteiger partial charge in [-0.15, -0.1) is 0 Å². The lowest BCUT2D eigenvalue weighted by Gasteiger charge is -2.06. The molecule has 4 heteroatoms. The molecule has 0 bridgehead atoms. The highest BCUT2D eigenvalue weighted by atomic mass is 79.9. The summed E-state index contributed by atoms with van der Waals surface area (Å²) in [5.74, 6) is 0.350. The van der Waals surface area contributed by atoms with E-state index < -0.39 is 0 Å². The first kappa shape index (κ1) is 10.6. The highest BCUT2D eigenvalue weighted by Crippen LogP contribution is 2.23. The molecule has 0 unspecified atom stereocenters. The van der Waals surface area contributed by atoms with Gasteiger partial charge in [0.05, 0.1) is 18.0 Å². The van der Waals surface area contributed by atoms with Crippen LogP contribution in [0.15, 0.2) is 22.8 Å². The van der Waals surface area contributed by atoms with E-state index in [4.69, 9.17) is 0 Å². The second kappa shape index (κ2) is 3.94. The van der Waals surface area contributed by atoms with E-state index in [1.165, 1.54) is 0 Å². The van der Waals surface area contributed by atoms with Gasteiger partial charge < -0.3 is 9.51 Å². The Bertz CT molecular complexity index is 491. The van der Waals surface area contributed by atoms with Crippen molar-refractivity contribution in [1.29, 1.82) is 0 Å². The van der Waals surface area contributed by atoms with E-state index in [0.717, 1.165) is 21.5 Å². The van der Waals surface area contributed by atoms with Crippen LogP contribution < -0.4 is 0 Å². The minimum absolute atomic E-state index is 0.00713. The largest absolute Gasteiger partial charge is 0.390 e. The van der Waals surface area contributed by atoms with Crippen LogP contribution in [0.2, 0.25) is 0 Å². The van der Waals surface area contributed by atoms with Crippen molar-refractivity contribution in [2.45, 2.75) is 26.4 Å². The molecule has 0 atom stereocenters. The van der Waals surface area contributed by atoms with Gasteiger partial charge in [0.1, 0.15) is 5.65 Å². The minimum Gasteiger partial charge on any atom is -0.390 e. The van der Waals surface area contributed by atoms with Crippen LogP contribution in [-0.4, -0.2) is 14.5 Å². The van der Waals surface area contributed by atoms with Crippen molar-refractivity contribution < 1.29 is 5.11 Å². The van der Waals surface area contributed by atoms with Gasteiger partial charge >= 0.3 is 0 Å². The van der Waals surface area contributed by atoms with Crippen LogP contribution in [0.5, 0.6) is 0 Å². The first-order valence-electron chi connectivity index (χ1n) is 4.90. The number of rotatable bonds is 2. The van der Waals surface area contributed by atoms with Crippen molar-refractivity contribution in [2.75, 3.05) is 0 Å². The summed E-state index contributed by atoms with van der Waals surface area (Å²) in [4.78, 5) is 4.40. The first-order valence-corrected chi connectivity index (χ1v) is 5.70. The van der Waals surface area contributed by atoms with Gasteiger partial charge in [-0.1, -0.05) is 29.8 Å². The number of aliphatic hydroxyl groups is 1. The summed E-state index contributed by atoms with van der Waals surface area (Å²) in [5, 5.41) is 9.25. The van der Waals surface area contributed by atoms with E-state index in [9.17, 15) is 5.11 Å². The molecule has 2 aromatic heterocycles. The molecule has 0 aliphatic rings. The second-order valence-electron chi connectivity index (χ2n) is 3.83. The summed E-state index contributed by atoms with van der Waals surface area (Å²) >= 11 is 3.41. The Kier molecular flexibility index (Phi) is 2.80. The van der Waals surface area contributed by atoms with Gasteiger partial charge in [-0.25, -0.2) is 4.98 Å². The fourth-order valence-corrected chi connectivity index (χ4v) is 2.14. The minimum atomic E-state index is -0.00713. The van der Waals surface area contributed by atoms with Crippen molar-refractivity contribution in [2.24, 2.45) is 0 Å². The van der Waals surface area contributed by atoms with E-state index in [1.54, 1.807) is 0 Å². The molecule has 0 aromatic carbocycles. The Morgan fingerprint density at radius 3 is 2.87 bits per heavy atom. The number of hydrogen-bond acceptors (Lipinski definition) is 2. The molecule has 0 saturated carbocycles. The number of halogens is 1. The van der Waals surface area contributed by atoms with Gasteiger partial charge in [0.2, 0.25) is 0 Å². The van der Waals surface area contributed by atoms with Crippen molar-refractivity contribution >= 4 is 21.6 Å². The standard InChI is InChI=1S/C11H13BrN2O/c1-7(2)11-9(6-15)13-10-5-8(12)3-4-14(10)11/h3-5,7,15H,6H2,1-2H3. The molecule has 0 spiro atoms. The molecule has 0 aliphatic carbocycles. The number of pyridine rings is 1. The van der Waals surface area contributed by atoms with E-state index in [2.05, 4.69) is 34.8 Å². The van der Waals surface area contributed by atoms with Crippen molar-refractivity contribution in [3.63, 3.8) is 0 Å². The fourth-order valence-electron chi connectivity index (χ4n) is 1.82. The maximum atomic E-state index is 9.25. The average Bonchev–Trinajstić information content (AvgIpc) is 2.54. The molecule has 2 aromatic rings. The number of hydrogen-bond donors (Lipinski definition) is 1. The molecule has 2 rings (SSSR count). The molecular weight excluding hydrogens is 256 g/mol. The predicted octanol–water partition coefficient (Wildman–Crippen LogP) is 2.71. The molecule has 3 nitrogen and oxygen atoms in total. The van der Waals surface area contributed by atoms with Gasteiger partial charge in [-0.05, 0) is 18.1 Å². The van der Waals surface area contributed by atoms with Crippen LogP contribution in [0.1, 0.15) is 31.2 Å². The quantitative estimate of drug-likeness (QED) is 0.910. The molecule has 0 radical (unpaired) electrons. The molecule has 0 amide bonds. The van der Waals surface area contributed by atoms with Crippen molar-refractivity contribution in [1.82, 2.24) is 9.38 Å². The maximum absolute atomic E-state index is 9.25. The normalized spacial score (nSPS) is 11.5. The summed E-state index contributed by atoms with van der Waals surface area (Å²) in [6.45, 7) is 4.20. The lowest BCUT2D eigenvalue weighted by atomic mass is 10.1. The Morgan fingerprint density at radius 2 is 2.27 bits per heavy atom. The van der Waals surface area contributed by atoms with E-state index in [-0.39, 0.29) is 6.61 Å². The fraction of sp³-hybridized carbons (Fsp3) is 0.364. The van der Waals surface area contributed by atoms with Crippen molar-refractivity contribution in [3.05, 3.63) is 34.2 Å². The number of aliphatic hydroxyl groups excluding tert-OH is 1. The SMILES string of the molecule is CC(C)c1c(CO)nc2cc(Br)ccn12. The van der Waals surface area contributed by atoms with Gasteiger partial charge in [0, 0.05) is 10.7 Å². The summed E-state index contributed by atoms with van der Waals surface area (Å²) < 4.78 is 3.03. The molecule has 0 fully saturated rings. The van der Waals surface area contributed by atoms with E-state index in [1.807, 2.05) is 22.7 Å². The smallest absolute Gasteiger partial charge is 0.138 e. The highest BCUT2D eigenvalue weighted by Gasteiger charge is 2.14. The Morgan fingerprint density at radius 1 is 1.53 bits per heavy atom. The van der Waals surface area contributed by atoms with Crippen LogP contribution in [0.4, 0.5) is 0 Å². The van der Waals surface area contributed by atoms with Gasteiger partial charge in [-0.3, -0.25) is 0 Å². The van der Waals surface area contributed by atoms with Crippen LogP contribution in [0.3, 0.4) is 0 Å². The average molecular weight is 269 g/mol. The summed E-state index contributed by atoms with van der Waals surface area (Å²) in [5.41, 5.74) is 2.72. The number of aromatic nitrogens is 2. The molecule has 15 heavy (non-hydrogen) atoms. The molecule has 2 heterocycles. The molecule has 0 saturated heterocycles. The lowest BCUT2D eigenvalue weighted by Crippen LogP contribution is -1.98. The first-order chi connectivity index (χ1) is 7.13. The number of fused-ring (bicyclic) bond motifs is 1. The molecule has 1 N–H and O–H groups in total. The topological polar surface area (TPSA) is 37.5 Å². The van der Waals surface area contributed by atoms with Gasteiger partial charge in [-0.2, -0.15) is 0 Å². The Labute approximate surface area is 96.9 Å². The molecule has 0 aliphatic heterocycles. The van der Waals surface area contributed by atoms with Crippen LogP contribution >= 0.6 is 15.9 Å². The molecule has 80 valence electrons. The zero-order valence-corrected chi connectivity index (χ0v) is 10.3. The van der Waals surface area contributed by atoms with Crippen LogP contribution in [-0.2, 0) is 6.61 Å². The van der Waals surface area contributed by atoms with Crippen LogP contribution in [0, 0.1) is 0 Å². The van der Waals surface area contributed by atoms with Gasteiger partial charge in [0.15, 0.2) is 0 Å². The maximum Gasteiger partial charge on any atom is 0.138 e. The number of imidazole rings is 1. The highest BCUT2D eigenvalue weighted by molar-refractivity contribution is 9.10. The summed E-state index contributed by atoms with van der Waals surface area (Å²) in [6.07, 6.45) is 1.97. The lowest BCUT2D eigenvalue weighted by molar-refractivity contribution is 0.275. The van der Waals surface area contributed by atoms with Gasteiger partial charge in [0.25, 0.3) is 0 Å². The van der Waals surface area contributed by atoms with E-state index in [0.29, 0.717) is 5.92 Å². The van der Waals surface area contributed by atoms with E-state index >= 15 is 0 Å². The third-order valence-corrected chi connectivity index (χ3v) is 2.89. The zero-order chi connectivity index (χ0) is 11.0. The van der Waals surface area contributed by atoms with Crippen LogP contribution in [0.25, 0.3) is 5.65 Å². The molecular formula is C11H13BrN2O.